The number of ketones is 1. The Morgan fingerprint density at radius 3 is 2.82 bits per heavy atom. The molecule has 182 valence electrons. The molecule has 1 aromatic heterocycles. The first-order chi connectivity index (χ1) is 16.5. The van der Waals surface area contributed by atoms with Crippen LogP contribution in [0.1, 0.15) is 56.5 Å². The number of thiol groups is 1. The van der Waals surface area contributed by atoms with E-state index in [1.54, 1.807) is 29.8 Å². The summed E-state index contributed by atoms with van der Waals surface area (Å²) in [5.74, 6) is 0.0675. The van der Waals surface area contributed by atoms with E-state index in [0.29, 0.717) is 50.5 Å². The Hall–Kier alpha value is -2.59. The number of aryl methyl sites for hydroxylation is 1. The standard InChI is InChI=1S/C24H30FN5O3S/c1-2-33-22(31)8-5-12-30-21(26-27-28-30)14-17-15-29(13-11-20(17)34)23(24(32)16-9-10-16)18-6-3-4-7-19(18)25/h3-4,6-7,14,16,20,23,34H,2,5,8-13,15H2,1H3/b17-14-. The minimum Gasteiger partial charge on any atom is -0.466 e. The zero-order valence-electron chi connectivity index (χ0n) is 19.3. The molecule has 2 unspecified atom stereocenters. The molecule has 1 aliphatic heterocycles. The number of benzene rings is 1. The smallest absolute Gasteiger partial charge is 0.305 e. The third-order valence-corrected chi connectivity index (χ3v) is 6.84. The number of aromatic nitrogens is 4. The van der Waals surface area contributed by atoms with Crippen LogP contribution < -0.4 is 0 Å². The molecule has 0 bridgehead atoms. The SMILES string of the molecule is CCOC(=O)CCCn1nnnc1/C=C1/CN(C(C(=O)C2CC2)c2ccccc2F)CCC1S. The first-order valence-electron chi connectivity index (χ1n) is 11.8. The fraction of sp³-hybridized carbons (Fsp3) is 0.542. The molecule has 0 radical (unpaired) electrons. The molecular formula is C24H30FN5O3S. The van der Waals surface area contributed by atoms with Crippen molar-refractivity contribution in [1.29, 1.82) is 0 Å². The summed E-state index contributed by atoms with van der Waals surface area (Å²) in [5.41, 5.74) is 1.40. The molecule has 2 heterocycles. The maximum Gasteiger partial charge on any atom is 0.305 e. The summed E-state index contributed by atoms with van der Waals surface area (Å²) < 4.78 is 21.3. The van der Waals surface area contributed by atoms with Crippen molar-refractivity contribution in [1.82, 2.24) is 25.1 Å². The van der Waals surface area contributed by atoms with Crippen LogP contribution >= 0.6 is 12.6 Å². The zero-order valence-corrected chi connectivity index (χ0v) is 20.2. The van der Waals surface area contributed by atoms with Crippen LogP contribution in [-0.2, 0) is 20.9 Å². The minimum atomic E-state index is -0.612. The largest absolute Gasteiger partial charge is 0.466 e. The molecule has 2 aliphatic rings. The Morgan fingerprint density at radius 2 is 2.09 bits per heavy atom. The predicted octanol–water partition coefficient (Wildman–Crippen LogP) is 3.26. The summed E-state index contributed by atoms with van der Waals surface area (Å²) in [6.45, 7) is 3.73. The number of carbonyl (C=O) groups excluding carboxylic acids is 2. The summed E-state index contributed by atoms with van der Waals surface area (Å²) in [6.07, 6.45) is 5.21. The van der Waals surface area contributed by atoms with E-state index in [0.717, 1.165) is 24.8 Å². The van der Waals surface area contributed by atoms with E-state index in [1.807, 2.05) is 11.0 Å². The monoisotopic (exact) mass is 487 g/mol. The molecule has 0 N–H and O–H groups in total. The lowest BCUT2D eigenvalue weighted by molar-refractivity contribution is -0.143. The number of carbonyl (C=O) groups is 2. The Bertz CT molecular complexity index is 1050. The van der Waals surface area contributed by atoms with Gasteiger partial charge < -0.3 is 4.74 Å². The van der Waals surface area contributed by atoms with Crippen molar-refractivity contribution in [3.05, 3.63) is 47.0 Å². The highest BCUT2D eigenvalue weighted by Crippen LogP contribution is 2.39. The summed E-state index contributed by atoms with van der Waals surface area (Å²) in [7, 11) is 0. The Morgan fingerprint density at radius 1 is 1.29 bits per heavy atom. The van der Waals surface area contributed by atoms with Gasteiger partial charge in [-0.2, -0.15) is 12.6 Å². The Labute approximate surface area is 203 Å². The fourth-order valence-electron chi connectivity index (χ4n) is 4.32. The molecule has 1 aromatic carbocycles. The van der Waals surface area contributed by atoms with Gasteiger partial charge in [0.25, 0.3) is 0 Å². The topological polar surface area (TPSA) is 90.2 Å². The van der Waals surface area contributed by atoms with Gasteiger partial charge in [0.1, 0.15) is 5.82 Å². The van der Waals surface area contributed by atoms with E-state index in [-0.39, 0.29) is 28.7 Å². The van der Waals surface area contributed by atoms with Gasteiger partial charge in [-0.05, 0) is 60.7 Å². The number of ether oxygens (including phenoxy) is 1. The molecule has 1 saturated heterocycles. The second-order valence-electron chi connectivity index (χ2n) is 8.76. The Balaban J connectivity index is 1.52. The van der Waals surface area contributed by atoms with Crippen molar-refractivity contribution < 1.29 is 18.7 Å². The van der Waals surface area contributed by atoms with Crippen molar-refractivity contribution in [3.8, 4) is 0 Å². The van der Waals surface area contributed by atoms with Gasteiger partial charge in [0.2, 0.25) is 0 Å². The number of likely N-dealkylation sites (tertiary alicyclic amines) is 1. The number of hydrogen-bond donors (Lipinski definition) is 1. The summed E-state index contributed by atoms with van der Waals surface area (Å²) in [4.78, 5) is 26.9. The molecule has 2 atom stereocenters. The molecule has 2 fully saturated rings. The quantitative estimate of drug-likeness (QED) is 0.406. The van der Waals surface area contributed by atoms with Crippen LogP contribution in [0.5, 0.6) is 0 Å². The zero-order chi connectivity index (χ0) is 24.1. The van der Waals surface area contributed by atoms with Crippen LogP contribution in [-0.4, -0.2) is 61.8 Å². The van der Waals surface area contributed by atoms with Gasteiger partial charge in [0, 0.05) is 42.8 Å². The van der Waals surface area contributed by atoms with Crippen molar-refractivity contribution in [3.63, 3.8) is 0 Å². The maximum absolute atomic E-state index is 14.7. The molecular weight excluding hydrogens is 457 g/mol. The first kappa shape index (κ1) is 24.5. The van der Waals surface area contributed by atoms with Crippen LogP contribution in [0.4, 0.5) is 4.39 Å². The predicted molar refractivity (Wildman–Crippen MR) is 127 cm³/mol. The second-order valence-corrected chi connectivity index (χ2v) is 9.39. The molecule has 1 saturated carbocycles. The fourth-order valence-corrected chi connectivity index (χ4v) is 4.59. The number of rotatable bonds is 10. The number of hydrogen-bond acceptors (Lipinski definition) is 8. The number of halogens is 1. The lowest BCUT2D eigenvalue weighted by Gasteiger charge is -2.37. The third-order valence-electron chi connectivity index (χ3n) is 6.25. The lowest BCUT2D eigenvalue weighted by atomic mass is 9.93. The van der Waals surface area contributed by atoms with Gasteiger partial charge in [-0.25, -0.2) is 9.07 Å². The van der Waals surface area contributed by atoms with Crippen LogP contribution in [0, 0.1) is 11.7 Å². The van der Waals surface area contributed by atoms with Crippen molar-refractivity contribution in [2.75, 3.05) is 19.7 Å². The molecule has 34 heavy (non-hydrogen) atoms. The van der Waals surface area contributed by atoms with Gasteiger partial charge in [-0.15, -0.1) is 5.10 Å². The lowest BCUT2D eigenvalue weighted by Crippen LogP contribution is -2.42. The number of Topliss-reactive ketones (excluding diaryl/α,β-unsaturated/α-hetero) is 1. The summed E-state index contributed by atoms with van der Waals surface area (Å²) >= 11 is 4.75. The Kier molecular flexibility index (Phi) is 8.10. The highest BCUT2D eigenvalue weighted by Gasteiger charge is 2.40. The van der Waals surface area contributed by atoms with E-state index in [2.05, 4.69) is 15.5 Å². The van der Waals surface area contributed by atoms with E-state index in [9.17, 15) is 14.0 Å². The van der Waals surface area contributed by atoms with Crippen LogP contribution in [0.3, 0.4) is 0 Å². The number of esters is 1. The average molecular weight is 488 g/mol. The van der Waals surface area contributed by atoms with E-state index >= 15 is 0 Å². The van der Waals surface area contributed by atoms with E-state index in [4.69, 9.17) is 17.4 Å². The van der Waals surface area contributed by atoms with Crippen LogP contribution in [0.25, 0.3) is 6.08 Å². The highest BCUT2D eigenvalue weighted by atomic mass is 32.1. The average Bonchev–Trinajstić information content (AvgIpc) is 3.58. The highest BCUT2D eigenvalue weighted by molar-refractivity contribution is 7.81. The number of tetrazole rings is 1. The molecule has 8 nitrogen and oxygen atoms in total. The number of piperidine rings is 1. The van der Waals surface area contributed by atoms with Crippen molar-refractivity contribution in [2.24, 2.45) is 5.92 Å². The third kappa shape index (κ3) is 5.90. The van der Waals surface area contributed by atoms with E-state index < -0.39 is 6.04 Å². The van der Waals surface area contributed by atoms with Crippen molar-refractivity contribution >= 4 is 30.5 Å². The van der Waals surface area contributed by atoms with Gasteiger partial charge in [-0.3, -0.25) is 14.5 Å². The molecule has 0 amide bonds. The van der Waals surface area contributed by atoms with Crippen molar-refractivity contribution in [2.45, 2.75) is 56.9 Å². The molecule has 4 rings (SSSR count). The van der Waals surface area contributed by atoms with E-state index in [1.165, 1.54) is 6.07 Å². The summed E-state index contributed by atoms with van der Waals surface area (Å²) in [6, 6.07) is 5.93. The molecule has 2 aromatic rings. The van der Waals surface area contributed by atoms with Crippen LogP contribution in [0.2, 0.25) is 0 Å². The van der Waals surface area contributed by atoms with Crippen LogP contribution in [0.15, 0.2) is 29.8 Å². The van der Waals surface area contributed by atoms with Gasteiger partial charge >= 0.3 is 5.97 Å². The second kappa shape index (κ2) is 11.2. The number of nitrogens with zero attached hydrogens (tertiary/aromatic N) is 5. The maximum atomic E-state index is 14.7. The van der Waals surface area contributed by atoms with Gasteiger partial charge in [0.15, 0.2) is 11.6 Å². The van der Waals surface area contributed by atoms with Gasteiger partial charge in [-0.1, -0.05) is 18.2 Å². The van der Waals surface area contributed by atoms with Gasteiger partial charge in [0.05, 0.1) is 12.6 Å². The summed E-state index contributed by atoms with van der Waals surface area (Å²) in [5, 5.41) is 11.9. The first-order valence-corrected chi connectivity index (χ1v) is 12.3. The molecule has 10 heteroatoms. The minimum absolute atomic E-state index is 0.0115. The molecule has 1 aliphatic carbocycles. The normalized spacial score (nSPS) is 20.9. The molecule has 0 spiro atoms.